The van der Waals surface area contributed by atoms with Crippen LogP contribution in [0.5, 0.6) is 0 Å². The van der Waals surface area contributed by atoms with E-state index in [1.54, 1.807) is 25.5 Å². The van der Waals surface area contributed by atoms with Crippen molar-refractivity contribution >= 4 is 17.5 Å². The molecule has 0 aliphatic carbocycles. The Bertz CT molecular complexity index is 1420. The van der Waals surface area contributed by atoms with Crippen molar-refractivity contribution in [3.8, 4) is 22.6 Å². The number of rotatable bonds is 6. The lowest BCUT2D eigenvalue weighted by Crippen LogP contribution is -2.27. The highest BCUT2D eigenvalue weighted by Gasteiger charge is 2.21. The number of aromatic nitrogens is 5. The molecule has 4 aromatic heterocycles. The van der Waals surface area contributed by atoms with Crippen LogP contribution in [0.3, 0.4) is 0 Å². The Balaban J connectivity index is 1.44. The summed E-state index contributed by atoms with van der Waals surface area (Å²) in [5.41, 5.74) is 9.05. The van der Waals surface area contributed by atoms with E-state index in [9.17, 15) is 9.59 Å². The number of nitrogens with zero attached hydrogens (tertiary/aromatic N) is 5. The Hall–Kier alpha value is -4.47. The smallest absolute Gasteiger partial charge is 0.274 e. The number of aryl methyl sites for hydroxylation is 1. The number of anilines is 2. The summed E-state index contributed by atoms with van der Waals surface area (Å²) in [7, 11) is 1.65. The minimum absolute atomic E-state index is 0.0134. The maximum atomic E-state index is 13.1. The molecule has 0 atom stereocenters. The molecule has 0 spiro atoms. The fourth-order valence-electron chi connectivity index (χ4n) is 4.16. The molecule has 0 saturated carbocycles. The molecule has 0 radical (unpaired) electrons. The standard InChI is InChI=1S/C25H26N8O2/c1-32-15-16(9-10-20(32)34)21-22(18-7-5-11-27-18)31-24(26)23(30-21)25(35)28-14-17-6-4-8-19(29-17)33-12-2-3-13-33/h4-11,15,27H,2-3,12-14H2,1H3,(H2,26,31)(H,28,35). The first-order valence-electron chi connectivity index (χ1n) is 11.5. The maximum absolute atomic E-state index is 13.1. The lowest BCUT2D eigenvalue weighted by molar-refractivity contribution is 0.0946. The summed E-state index contributed by atoms with van der Waals surface area (Å²) in [6.45, 7) is 2.22. The number of nitrogens with two attached hydrogens (primary N) is 1. The molecule has 1 amide bonds. The van der Waals surface area contributed by atoms with E-state index in [1.165, 1.54) is 10.6 Å². The predicted octanol–water partition coefficient (Wildman–Crippen LogP) is 2.34. The number of hydrogen-bond donors (Lipinski definition) is 3. The lowest BCUT2D eigenvalue weighted by Gasteiger charge is -2.17. The van der Waals surface area contributed by atoms with E-state index in [1.807, 2.05) is 30.3 Å². The Kier molecular flexibility index (Phi) is 6.01. The summed E-state index contributed by atoms with van der Waals surface area (Å²) in [6.07, 6.45) is 5.75. The molecule has 1 aliphatic rings. The van der Waals surface area contributed by atoms with Gasteiger partial charge >= 0.3 is 0 Å². The highest BCUT2D eigenvalue weighted by molar-refractivity contribution is 5.97. The topological polar surface area (TPSA) is 135 Å². The third-order valence-electron chi connectivity index (χ3n) is 6.00. The lowest BCUT2D eigenvalue weighted by atomic mass is 10.1. The number of H-pyrrole nitrogens is 1. The van der Waals surface area contributed by atoms with Crippen molar-refractivity contribution in [1.29, 1.82) is 0 Å². The van der Waals surface area contributed by atoms with E-state index < -0.39 is 5.91 Å². The summed E-state index contributed by atoms with van der Waals surface area (Å²) in [4.78, 5) is 44.1. The molecule has 10 nitrogen and oxygen atoms in total. The van der Waals surface area contributed by atoms with Gasteiger partial charge in [0.25, 0.3) is 5.91 Å². The monoisotopic (exact) mass is 470 g/mol. The molecule has 35 heavy (non-hydrogen) atoms. The summed E-state index contributed by atoms with van der Waals surface area (Å²) >= 11 is 0. The van der Waals surface area contributed by atoms with Crippen LogP contribution in [0.2, 0.25) is 0 Å². The Morgan fingerprint density at radius 2 is 1.89 bits per heavy atom. The van der Waals surface area contributed by atoms with Crippen LogP contribution in [-0.2, 0) is 13.6 Å². The van der Waals surface area contributed by atoms with Gasteiger partial charge in [-0.3, -0.25) is 9.59 Å². The largest absolute Gasteiger partial charge is 0.382 e. The summed E-state index contributed by atoms with van der Waals surface area (Å²) < 4.78 is 1.45. The number of amides is 1. The van der Waals surface area contributed by atoms with Gasteiger partial charge in [-0.25, -0.2) is 15.0 Å². The number of aromatic amines is 1. The molecule has 5 heterocycles. The van der Waals surface area contributed by atoms with Crippen molar-refractivity contribution in [2.24, 2.45) is 7.05 Å². The van der Waals surface area contributed by atoms with Crippen molar-refractivity contribution in [1.82, 2.24) is 29.8 Å². The van der Waals surface area contributed by atoms with Gasteiger partial charge in [0.15, 0.2) is 11.5 Å². The van der Waals surface area contributed by atoms with Gasteiger partial charge in [0.2, 0.25) is 5.56 Å². The number of nitrogens with one attached hydrogen (secondary N) is 2. The van der Waals surface area contributed by atoms with E-state index in [-0.39, 0.29) is 23.6 Å². The van der Waals surface area contributed by atoms with E-state index in [0.717, 1.165) is 37.4 Å². The van der Waals surface area contributed by atoms with Gasteiger partial charge in [-0.15, -0.1) is 0 Å². The number of hydrogen-bond acceptors (Lipinski definition) is 7. The van der Waals surface area contributed by atoms with Crippen LogP contribution in [0.1, 0.15) is 29.0 Å². The highest BCUT2D eigenvalue weighted by atomic mass is 16.2. The van der Waals surface area contributed by atoms with Gasteiger partial charge < -0.3 is 25.5 Å². The fourth-order valence-corrected chi connectivity index (χ4v) is 4.16. The molecule has 178 valence electrons. The average molecular weight is 471 g/mol. The molecule has 0 bridgehead atoms. The van der Waals surface area contributed by atoms with Crippen molar-refractivity contribution in [2.75, 3.05) is 23.7 Å². The van der Waals surface area contributed by atoms with E-state index in [4.69, 9.17) is 5.73 Å². The second-order valence-corrected chi connectivity index (χ2v) is 8.47. The minimum Gasteiger partial charge on any atom is -0.382 e. The van der Waals surface area contributed by atoms with Gasteiger partial charge in [0.05, 0.1) is 17.9 Å². The Labute approximate surface area is 201 Å². The first kappa shape index (κ1) is 22.3. The zero-order valence-electron chi connectivity index (χ0n) is 19.4. The van der Waals surface area contributed by atoms with Crippen LogP contribution in [0.15, 0.2) is 59.7 Å². The Morgan fingerprint density at radius 1 is 1.06 bits per heavy atom. The van der Waals surface area contributed by atoms with Gasteiger partial charge in [-0.05, 0) is 43.2 Å². The quantitative estimate of drug-likeness (QED) is 0.394. The third-order valence-corrected chi connectivity index (χ3v) is 6.00. The molecule has 1 fully saturated rings. The molecule has 0 unspecified atom stereocenters. The van der Waals surface area contributed by atoms with Crippen LogP contribution in [0.4, 0.5) is 11.6 Å². The van der Waals surface area contributed by atoms with Crippen LogP contribution in [-0.4, -0.2) is 43.5 Å². The van der Waals surface area contributed by atoms with Crippen molar-refractivity contribution in [2.45, 2.75) is 19.4 Å². The van der Waals surface area contributed by atoms with Crippen molar-refractivity contribution in [3.05, 3.63) is 76.6 Å². The Morgan fingerprint density at radius 3 is 2.63 bits per heavy atom. The summed E-state index contributed by atoms with van der Waals surface area (Å²) in [6, 6.07) is 12.6. The molecule has 1 aliphatic heterocycles. The van der Waals surface area contributed by atoms with Crippen LogP contribution in [0, 0.1) is 0 Å². The summed E-state index contributed by atoms with van der Waals surface area (Å²) in [5, 5.41) is 2.86. The number of carbonyl (C=O) groups excluding carboxylic acids is 1. The van der Waals surface area contributed by atoms with E-state index in [2.05, 4.69) is 30.2 Å². The van der Waals surface area contributed by atoms with Crippen LogP contribution < -0.4 is 21.5 Å². The molecule has 4 aromatic rings. The second-order valence-electron chi connectivity index (χ2n) is 8.47. The molecule has 1 saturated heterocycles. The average Bonchev–Trinajstić information content (AvgIpc) is 3.59. The van der Waals surface area contributed by atoms with Crippen molar-refractivity contribution in [3.63, 3.8) is 0 Å². The van der Waals surface area contributed by atoms with Gasteiger partial charge in [-0.2, -0.15) is 0 Å². The number of nitrogen functional groups attached to an aromatic ring is 1. The van der Waals surface area contributed by atoms with E-state index in [0.29, 0.717) is 22.6 Å². The molecule has 0 aromatic carbocycles. The minimum atomic E-state index is -0.451. The first-order valence-corrected chi connectivity index (χ1v) is 11.5. The SMILES string of the molecule is Cn1cc(-c2nc(C(=O)NCc3cccc(N4CCCC4)n3)c(N)nc2-c2ccc[nH]2)ccc1=O. The molecule has 4 N–H and O–H groups in total. The first-order chi connectivity index (χ1) is 17.0. The molecular formula is C25H26N8O2. The number of pyridine rings is 2. The van der Waals surface area contributed by atoms with Crippen LogP contribution >= 0.6 is 0 Å². The van der Waals surface area contributed by atoms with Gasteiger partial charge in [-0.1, -0.05) is 6.07 Å². The third kappa shape index (κ3) is 4.63. The molecule has 5 rings (SSSR count). The van der Waals surface area contributed by atoms with Gasteiger partial charge in [0.1, 0.15) is 17.2 Å². The number of carbonyl (C=O) groups is 1. The second kappa shape index (κ2) is 9.41. The van der Waals surface area contributed by atoms with E-state index >= 15 is 0 Å². The van der Waals surface area contributed by atoms with Crippen LogP contribution in [0.25, 0.3) is 22.6 Å². The highest BCUT2D eigenvalue weighted by Crippen LogP contribution is 2.29. The zero-order valence-corrected chi connectivity index (χ0v) is 19.4. The predicted molar refractivity (Wildman–Crippen MR) is 134 cm³/mol. The maximum Gasteiger partial charge on any atom is 0.274 e. The zero-order chi connectivity index (χ0) is 24.4. The normalized spacial score (nSPS) is 13.2. The molecule has 10 heteroatoms. The fraction of sp³-hybridized carbons (Fsp3) is 0.240. The van der Waals surface area contributed by atoms with Crippen molar-refractivity contribution < 1.29 is 4.79 Å². The van der Waals surface area contributed by atoms with Gasteiger partial charge in [0, 0.05) is 44.2 Å². The summed E-state index contributed by atoms with van der Waals surface area (Å²) in [5.74, 6) is 0.479. The molecular weight excluding hydrogens is 444 g/mol.